The Morgan fingerprint density at radius 1 is 1.24 bits per heavy atom. The SMILES string of the molecule is CC(=O)NCCO[C@H](c1cccc(C(=O)O)c1)c1cc(Cl)ccc1C. The molecule has 0 saturated heterocycles. The molecule has 6 heteroatoms. The van der Waals surface area contributed by atoms with E-state index >= 15 is 0 Å². The fourth-order valence-corrected chi connectivity index (χ4v) is 2.68. The quantitative estimate of drug-likeness (QED) is 0.739. The number of hydrogen-bond acceptors (Lipinski definition) is 3. The number of hydrogen-bond donors (Lipinski definition) is 2. The maximum absolute atomic E-state index is 11.3. The fourth-order valence-electron chi connectivity index (χ4n) is 2.50. The lowest BCUT2D eigenvalue weighted by molar-refractivity contribution is -0.119. The predicted octanol–water partition coefficient (Wildman–Crippen LogP) is 3.59. The van der Waals surface area contributed by atoms with Crippen molar-refractivity contribution in [1.82, 2.24) is 5.32 Å². The minimum Gasteiger partial charge on any atom is -0.478 e. The molecule has 0 fully saturated rings. The highest BCUT2D eigenvalue weighted by Crippen LogP contribution is 2.31. The summed E-state index contributed by atoms with van der Waals surface area (Å²) in [5, 5.41) is 12.5. The number of ether oxygens (including phenoxy) is 1. The van der Waals surface area contributed by atoms with Gasteiger partial charge in [0.05, 0.1) is 12.2 Å². The van der Waals surface area contributed by atoms with E-state index in [2.05, 4.69) is 5.32 Å². The third kappa shape index (κ3) is 5.31. The lowest BCUT2D eigenvalue weighted by Crippen LogP contribution is -2.25. The van der Waals surface area contributed by atoms with Gasteiger partial charge in [-0.05, 0) is 47.9 Å². The highest BCUT2D eigenvalue weighted by atomic mass is 35.5. The van der Waals surface area contributed by atoms with Crippen LogP contribution in [0.5, 0.6) is 0 Å². The highest BCUT2D eigenvalue weighted by Gasteiger charge is 2.19. The molecule has 2 aromatic carbocycles. The molecule has 0 spiro atoms. The number of nitrogens with one attached hydrogen (secondary N) is 1. The minimum absolute atomic E-state index is 0.132. The molecule has 132 valence electrons. The second-order valence-electron chi connectivity index (χ2n) is 5.67. The van der Waals surface area contributed by atoms with Gasteiger partial charge >= 0.3 is 5.97 Å². The molecule has 0 unspecified atom stereocenters. The lowest BCUT2D eigenvalue weighted by Gasteiger charge is -2.21. The number of carboxylic acids is 1. The summed E-state index contributed by atoms with van der Waals surface area (Å²) in [6.45, 7) is 4.03. The fraction of sp³-hybridized carbons (Fsp3) is 0.263. The Hall–Kier alpha value is -2.37. The summed E-state index contributed by atoms with van der Waals surface area (Å²) in [6, 6.07) is 12.1. The smallest absolute Gasteiger partial charge is 0.335 e. The molecule has 0 aliphatic heterocycles. The lowest BCUT2D eigenvalue weighted by atomic mass is 9.96. The van der Waals surface area contributed by atoms with Crippen LogP contribution in [0.3, 0.4) is 0 Å². The van der Waals surface area contributed by atoms with Gasteiger partial charge in [-0.15, -0.1) is 0 Å². The van der Waals surface area contributed by atoms with Gasteiger partial charge in [0, 0.05) is 18.5 Å². The molecule has 2 rings (SSSR count). The molecular formula is C19H20ClNO4. The number of rotatable bonds is 7. The second-order valence-corrected chi connectivity index (χ2v) is 6.10. The Bertz CT molecular complexity index is 776. The van der Waals surface area contributed by atoms with Crippen LogP contribution in [0.25, 0.3) is 0 Å². The van der Waals surface area contributed by atoms with Gasteiger partial charge in [0.2, 0.25) is 5.91 Å². The van der Waals surface area contributed by atoms with Gasteiger partial charge in [-0.2, -0.15) is 0 Å². The van der Waals surface area contributed by atoms with Crippen LogP contribution < -0.4 is 5.32 Å². The van der Waals surface area contributed by atoms with Crippen molar-refractivity contribution in [2.75, 3.05) is 13.2 Å². The van der Waals surface area contributed by atoms with Crippen molar-refractivity contribution in [2.45, 2.75) is 20.0 Å². The monoisotopic (exact) mass is 361 g/mol. The maximum atomic E-state index is 11.3. The average molecular weight is 362 g/mol. The summed E-state index contributed by atoms with van der Waals surface area (Å²) in [7, 11) is 0. The molecule has 0 aromatic heterocycles. The zero-order valence-electron chi connectivity index (χ0n) is 14.1. The van der Waals surface area contributed by atoms with Gasteiger partial charge in [0.1, 0.15) is 6.10 Å². The Labute approximate surface area is 151 Å². The van der Waals surface area contributed by atoms with Gasteiger partial charge < -0.3 is 15.2 Å². The van der Waals surface area contributed by atoms with E-state index in [0.29, 0.717) is 17.1 Å². The molecule has 25 heavy (non-hydrogen) atoms. The van der Waals surface area contributed by atoms with Crippen LogP contribution in [0.1, 0.15) is 40.1 Å². The van der Waals surface area contributed by atoms with Crippen molar-refractivity contribution < 1.29 is 19.4 Å². The molecule has 0 radical (unpaired) electrons. The molecule has 2 N–H and O–H groups in total. The average Bonchev–Trinajstić information content (AvgIpc) is 2.57. The van der Waals surface area contributed by atoms with Crippen molar-refractivity contribution in [3.63, 3.8) is 0 Å². The van der Waals surface area contributed by atoms with Gasteiger partial charge in [-0.25, -0.2) is 4.79 Å². The first-order valence-electron chi connectivity index (χ1n) is 7.84. The first-order valence-corrected chi connectivity index (χ1v) is 8.21. The third-order valence-electron chi connectivity index (χ3n) is 3.72. The number of benzene rings is 2. The molecule has 2 aromatic rings. The van der Waals surface area contributed by atoms with Crippen molar-refractivity contribution >= 4 is 23.5 Å². The standard InChI is InChI=1S/C19H20ClNO4/c1-12-6-7-16(20)11-17(12)18(25-9-8-21-13(2)22)14-4-3-5-15(10-14)19(23)24/h3-7,10-11,18H,8-9H2,1-2H3,(H,21,22)(H,23,24)/t18-/m1/s1. The molecule has 0 aliphatic rings. The van der Waals surface area contributed by atoms with E-state index < -0.39 is 12.1 Å². The molecule has 0 bridgehead atoms. The normalized spacial score (nSPS) is 11.8. The molecule has 5 nitrogen and oxygen atoms in total. The van der Waals surface area contributed by atoms with Crippen LogP contribution >= 0.6 is 11.6 Å². The molecule has 1 atom stereocenters. The summed E-state index contributed by atoms with van der Waals surface area (Å²) >= 11 is 6.13. The van der Waals surface area contributed by atoms with E-state index in [-0.39, 0.29) is 18.1 Å². The Morgan fingerprint density at radius 3 is 2.68 bits per heavy atom. The van der Waals surface area contributed by atoms with Crippen LogP contribution in [0.4, 0.5) is 0 Å². The number of aromatic carboxylic acids is 1. The largest absolute Gasteiger partial charge is 0.478 e. The van der Waals surface area contributed by atoms with Crippen LogP contribution in [-0.2, 0) is 9.53 Å². The molecule has 0 aliphatic carbocycles. The number of carboxylic acid groups (broad SMARTS) is 1. The van der Waals surface area contributed by atoms with Crippen molar-refractivity contribution in [2.24, 2.45) is 0 Å². The zero-order valence-corrected chi connectivity index (χ0v) is 14.8. The van der Waals surface area contributed by atoms with Crippen LogP contribution in [0, 0.1) is 6.92 Å². The summed E-state index contributed by atoms with van der Waals surface area (Å²) < 4.78 is 5.97. The number of amides is 1. The van der Waals surface area contributed by atoms with E-state index in [9.17, 15) is 14.7 Å². The Balaban J connectivity index is 2.34. The van der Waals surface area contributed by atoms with Gasteiger partial charge in [0.25, 0.3) is 0 Å². The van der Waals surface area contributed by atoms with Gasteiger partial charge in [-0.1, -0.05) is 29.8 Å². The Kier molecular flexibility index (Phi) is 6.56. The topological polar surface area (TPSA) is 75.6 Å². The maximum Gasteiger partial charge on any atom is 0.335 e. The minimum atomic E-state index is -0.998. The highest BCUT2D eigenvalue weighted by molar-refractivity contribution is 6.30. The van der Waals surface area contributed by atoms with E-state index in [1.807, 2.05) is 25.1 Å². The summed E-state index contributed by atoms with van der Waals surface area (Å²) in [5.41, 5.74) is 2.74. The molecule has 1 amide bonds. The molecule has 0 heterocycles. The molecular weight excluding hydrogens is 342 g/mol. The van der Waals surface area contributed by atoms with E-state index in [0.717, 1.165) is 11.1 Å². The number of aryl methyl sites for hydroxylation is 1. The van der Waals surface area contributed by atoms with Gasteiger partial charge in [-0.3, -0.25) is 4.79 Å². The van der Waals surface area contributed by atoms with E-state index in [1.165, 1.54) is 13.0 Å². The molecule has 0 saturated carbocycles. The summed E-state index contributed by atoms with van der Waals surface area (Å²) in [5.74, 6) is -1.13. The number of carbonyl (C=O) groups excluding carboxylic acids is 1. The van der Waals surface area contributed by atoms with Crippen LogP contribution in [0.2, 0.25) is 5.02 Å². The predicted molar refractivity (Wildman–Crippen MR) is 96.1 cm³/mol. The first kappa shape index (κ1) is 19.0. The zero-order chi connectivity index (χ0) is 18.4. The summed E-state index contributed by atoms with van der Waals surface area (Å²) in [4.78, 5) is 22.3. The number of carbonyl (C=O) groups is 2. The Morgan fingerprint density at radius 2 is 2.00 bits per heavy atom. The van der Waals surface area contributed by atoms with E-state index in [4.69, 9.17) is 16.3 Å². The van der Waals surface area contributed by atoms with Crippen LogP contribution in [-0.4, -0.2) is 30.1 Å². The third-order valence-corrected chi connectivity index (χ3v) is 3.96. The van der Waals surface area contributed by atoms with Crippen molar-refractivity contribution in [1.29, 1.82) is 0 Å². The first-order chi connectivity index (χ1) is 11.9. The summed E-state index contributed by atoms with van der Waals surface area (Å²) in [6.07, 6.45) is -0.480. The van der Waals surface area contributed by atoms with Crippen LogP contribution in [0.15, 0.2) is 42.5 Å². The van der Waals surface area contributed by atoms with E-state index in [1.54, 1.807) is 18.2 Å². The second kappa shape index (κ2) is 8.65. The van der Waals surface area contributed by atoms with Gasteiger partial charge in [0.15, 0.2) is 0 Å². The van der Waals surface area contributed by atoms with Crippen molar-refractivity contribution in [3.8, 4) is 0 Å². The number of halogens is 1. The van der Waals surface area contributed by atoms with Crippen molar-refractivity contribution in [3.05, 3.63) is 69.7 Å².